The number of rotatable bonds is 3. The lowest BCUT2D eigenvalue weighted by Crippen LogP contribution is -2.15. The molecule has 0 unspecified atom stereocenters. The zero-order chi connectivity index (χ0) is 10.7. The average molecular weight is 244 g/mol. The van der Waals surface area contributed by atoms with Crippen molar-refractivity contribution in [1.29, 1.82) is 0 Å². The summed E-state index contributed by atoms with van der Waals surface area (Å²) in [5, 5.41) is 0. The van der Waals surface area contributed by atoms with Crippen LogP contribution in [0.15, 0.2) is 24.3 Å². The van der Waals surface area contributed by atoms with Crippen LogP contribution in [0.25, 0.3) is 0 Å². The fourth-order valence-corrected chi connectivity index (χ4v) is 1.65. The van der Waals surface area contributed by atoms with Gasteiger partial charge in [-0.05, 0) is 24.6 Å². The second kappa shape index (κ2) is 6.09. The fourth-order valence-electron chi connectivity index (χ4n) is 1.65. The standard InChI is InChI=1S/C12H17NO2.ClH/c1-9(13)10-2-4-11(5-3-10)15-12-6-7-14-8-12;/h2-5,9,12H,6-8,13H2,1H3;1H/t9-,12+;/m0./s1. The molecular weight excluding hydrogens is 226 g/mol. The smallest absolute Gasteiger partial charge is 0.124 e. The largest absolute Gasteiger partial charge is 0.488 e. The van der Waals surface area contributed by atoms with E-state index in [9.17, 15) is 0 Å². The molecule has 3 nitrogen and oxygen atoms in total. The first-order valence-corrected chi connectivity index (χ1v) is 5.35. The van der Waals surface area contributed by atoms with Crippen LogP contribution in [0, 0.1) is 0 Å². The molecule has 1 aromatic rings. The number of halogens is 1. The van der Waals surface area contributed by atoms with E-state index in [1.165, 1.54) is 0 Å². The highest BCUT2D eigenvalue weighted by molar-refractivity contribution is 5.85. The molecule has 0 aliphatic carbocycles. The van der Waals surface area contributed by atoms with Gasteiger partial charge >= 0.3 is 0 Å². The molecule has 2 atom stereocenters. The van der Waals surface area contributed by atoms with Crippen LogP contribution in [0.1, 0.15) is 24.9 Å². The first kappa shape index (κ1) is 13.3. The second-order valence-corrected chi connectivity index (χ2v) is 3.96. The topological polar surface area (TPSA) is 44.5 Å². The predicted octanol–water partition coefficient (Wildman–Crippen LogP) is 2.30. The van der Waals surface area contributed by atoms with Gasteiger partial charge in [0.2, 0.25) is 0 Å². The normalized spacial score (nSPS) is 21.2. The molecular formula is C12H18ClNO2. The van der Waals surface area contributed by atoms with E-state index >= 15 is 0 Å². The minimum Gasteiger partial charge on any atom is -0.488 e. The molecule has 1 aromatic carbocycles. The predicted molar refractivity (Wildman–Crippen MR) is 66.1 cm³/mol. The summed E-state index contributed by atoms with van der Waals surface area (Å²) in [6, 6.07) is 8.04. The van der Waals surface area contributed by atoms with Crippen molar-refractivity contribution in [1.82, 2.24) is 0 Å². The highest BCUT2D eigenvalue weighted by Crippen LogP contribution is 2.19. The van der Waals surface area contributed by atoms with Crippen LogP contribution in [0.3, 0.4) is 0 Å². The summed E-state index contributed by atoms with van der Waals surface area (Å²) < 4.78 is 11.0. The maximum absolute atomic E-state index is 5.77. The molecule has 1 saturated heterocycles. The third kappa shape index (κ3) is 3.37. The number of ether oxygens (including phenoxy) is 2. The van der Waals surface area contributed by atoms with Crippen molar-refractivity contribution in [2.24, 2.45) is 5.73 Å². The molecule has 0 saturated carbocycles. The van der Waals surface area contributed by atoms with Crippen LogP contribution in [0.5, 0.6) is 5.75 Å². The van der Waals surface area contributed by atoms with Crippen molar-refractivity contribution < 1.29 is 9.47 Å². The molecule has 0 spiro atoms. The van der Waals surface area contributed by atoms with Crippen LogP contribution in [-0.2, 0) is 4.74 Å². The Hall–Kier alpha value is -0.770. The van der Waals surface area contributed by atoms with Gasteiger partial charge in [-0.25, -0.2) is 0 Å². The molecule has 2 N–H and O–H groups in total. The number of hydrogen-bond donors (Lipinski definition) is 1. The van der Waals surface area contributed by atoms with Crippen LogP contribution in [-0.4, -0.2) is 19.3 Å². The van der Waals surface area contributed by atoms with Gasteiger partial charge in [0.15, 0.2) is 0 Å². The minimum absolute atomic E-state index is 0. The fraction of sp³-hybridized carbons (Fsp3) is 0.500. The molecule has 0 aromatic heterocycles. The third-order valence-electron chi connectivity index (χ3n) is 2.60. The van der Waals surface area contributed by atoms with Crippen LogP contribution in [0.2, 0.25) is 0 Å². The number of hydrogen-bond acceptors (Lipinski definition) is 3. The van der Waals surface area contributed by atoms with Gasteiger partial charge in [0.25, 0.3) is 0 Å². The van der Waals surface area contributed by atoms with Gasteiger partial charge in [0, 0.05) is 12.5 Å². The number of nitrogens with two attached hydrogens (primary N) is 1. The van der Waals surface area contributed by atoms with E-state index in [4.69, 9.17) is 15.2 Å². The summed E-state index contributed by atoms with van der Waals surface area (Å²) in [6.07, 6.45) is 1.20. The van der Waals surface area contributed by atoms with E-state index in [-0.39, 0.29) is 24.6 Å². The molecule has 90 valence electrons. The van der Waals surface area contributed by atoms with E-state index in [0.717, 1.165) is 24.3 Å². The van der Waals surface area contributed by atoms with Crippen LogP contribution < -0.4 is 10.5 Å². The van der Waals surface area contributed by atoms with E-state index < -0.39 is 0 Å². The second-order valence-electron chi connectivity index (χ2n) is 3.96. The molecule has 1 heterocycles. The molecule has 1 fully saturated rings. The highest BCUT2D eigenvalue weighted by atomic mass is 35.5. The summed E-state index contributed by atoms with van der Waals surface area (Å²) in [6.45, 7) is 3.48. The van der Waals surface area contributed by atoms with Crippen molar-refractivity contribution in [2.75, 3.05) is 13.2 Å². The zero-order valence-corrected chi connectivity index (χ0v) is 10.2. The Morgan fingerprint density at radius 3 is 2.56 bits per heavy atom. The monoisotopic (exact) mass is 243 g/mol. The third-order valence-corrected chi connectivity index (χ3v) is 2.60. The van der Waals surface area contributed by atoms with E-state index in [2.05, 4.69) is 0 Å². The van der Waals surface area contributed by atoms with Crippen molar-refractivity contribution >= 4 is 12.4 Å². The summed E-state index contributed by atoms with van der Waals surface area (Å²) >= 11 is 0. The van der Waals surface area contributed by atoms with Gasteiger partial charge in [-0.15, -0.1) is 12.4 Å². The SMILES string of the molecule is C[C@H](N)c1ccc(O[C@@H]2CCOC2)cc1.Cl. The highest BCUT2D eigenvalue weighted by Gasteiger charge is 2.16. The Bertz CT molecular complexity index is 307. The first-order chi connectivity index (χ1) is 7.25. The molecule has 0 amide bonds. The van der Waals surface area contributed by atoms with Crippen LogP contribution in [0.4, 0.5) is 0 Å². The molecule has 16 heavy (non-hydrogen) atoms. The van der Waals surface area contributed by atoms with Gasteiger partial charge in [-0.2, -0.15) is 0 Å². The van der Waals surface area contributed by atoms with Gasteiger partial charge in [-0.1, -0.05) is 12.1 Å². The maximum Gasteiger partial charge on any atom is 0.124 e. The van der Waals surface area contributed by atoms with Gasteiger partial charge < -0.3 is 15.2 Å². The van der Waals surface area contributed by atoms with Gasteiger partial charge in [0.05, 0.1) is 13.2 Å². The Kier molecular flexibility index (Phi) is 5.06. The lowest BCUT2D eigenvalue weighted by molar-refractivity contribution is 0.141. The lowest BCUT2D eigenvalue weighted by atomic mass is 10.1. The van der Waals surface area contributed by atoms with Crippen molar-refractivity contribution in [3.8, 4) is 5.75 Å². The molecule has 1 aliphatic rings. The van der Waals surface area contributed by atoms with Crippen molar-refractivity contribution in [2.45, 2.75) is 25.5 Å². The number of benzene rings is 1. The maximum atomic E-state index is 5.77. The van der Waals surface area contributed by atoms with E-state index in [0.29, 0.717) is 6.61 Å². The molecule has 1 aliphatic heterocycles. The lowest BCUT2D eigenvalue weighted by Gasteiger charge is -2.12. The average Bonchev–Trinajstić information content (AvgIpc) is 2.71. The quantitative estimate of drug-likeness (QED) is 0.886. The zero-order valence-electron chi connectivity index (χ0n) is 9.39. The van der Waals surface area contributed by atoms with Crippen molar-refractivity contribution in [3.05, 3.63) is 29.8 Å². The van der Waals surface area contributed by atoms with E-state index in [1.807, 2.05) is 31.2 Å². The van der Waals surface area contributed by atoms with Gasteiger partial charge in [0.1, 0.15) is 11.9 Å². The molecule has 2 rings (SSSR count). The molecule has 0 radical (unpaired) electrons. The van der Waals surface area contributed by atoms with E-state index in [1.54, 1.807) is 0 Å². The van der Waals surface area contributed by atoms with Crippen LogP contribution >= 0.6 is 12.4 Å². The van der Waals surface area contributed by atoms with Gasteiger partial charge in [-0.3, -0.25) is 0 Å². The first-order valence-electron chi connectivity index (χ1n) is 5.35. The summed E-state index contributed by atoms with van der Waals surface area (Å²) in [5.74, 6) is 0.898. The Balaban J connectivity index is 0.00000128. The summed E-state index contributed by atoms with van der Waals surface area (Å²) in [5.41, 5.74) is 6.90. The minimum atomic E-state index is 0. The molecule has 0 bridgehead atoms. The molecule has 4 heteroatoms. The Morgan fingerprint density at radius 1 is 1.38 bits per heavy atom. The summed E-state index contributed by atoms with van der Waals surface area (Å²) in [4.78, 5) is 0. The summed E-state index contributed by atoms with van der Waals surface area (Å²) in [7, 11) is 0. The van der Waals surface area contributed by atoms with Crippen molar-refractivity contribution in [3.63, 3.8) is 0 Å². The Labute approximate surface area is 102 Å². The Morgan fingerprint density at radius 2 is 2.06 bits per heavy atom.